The highest BCUT2D eigenvalue weighted by Gasteiger charge is 2.26. The predicted molar refractivity (Wildman–Crippen MR) is 90.4 cm³/mol. The van der Waals surface area contributed by atoms with Gasteiger partial charge in [-0.25, -0.2) is 17.1 Å². The molecule has 3 rings (SSSR count). The molecule has 1 aliphatic rings. The first kappa shape index (κ1) is 17.1. The number of halogens is 1. The summed E-state index contributed by atoms with van der Waals surface area (Å²) in [6.07, 6.45) is 0.482. The molecule has 0 saturated carbocycles. The number of benzene rings is 2. The number of nitrogens with zero attached hydrogens (tertiary/aromatic N) is 1. The lowest BCUT2D eigenvalue weighted by molar-refractivity contribution is 0.0202. The zero-order valence-electron chi connectivity index (χ0n) is 13.5. The fourth-order valence-corrected chi connectivity index (χ4v) is 4.09. The molecule has 2 aromatic carbocycles. The lowest BCUT2D eigenvalue weighted by Gasteiger charge is -2.28. The molecule has 1 heterocycles. The molecular formula is C18H20FNO3S. The normalized spacial score (nSPS) is 17.7. The first-order valence-corrected chi connectivity index (χ1v) is 9.42. The van der Waals surface area contributed by atoms with Gasteiger partial charge in [-0.05, 0) is 17.2 Å². The van der Waals surface area contributed by atoms with Crippen molar-refractivity contribution in [3.05, 3.63) is 71.0 Å². The van der Waals surface area contributed by atoms with Crippen LogP contribution in [-0.2, 0) is 33.5 Å². The second-order valence-corrected chi connectivity index (χ2v) is 8.11. The van der Waals surface area contributed by atoms with Gasteiger partial charge in [0.25, 0.3) is 0 Å². The van der Waals surface area contributed by atoms with Gasteiger partial charge < -0.3 is 4.74 Å². The second kappa shape index (κ2) is 7.01. The lowest BCUT2D eigenvalue weighted by Crippen LogP contribution is -2.38. The second-order valence-electron chi connectivity index (χ2n) is 6.03. The Morgan fingerprint density at radius 1 is 1.12 bits per heavy atom. The van der Waals surface area contributed by atoms with Crippen LogP contribution in [-0.4, -0.2) is 32.4 Å². The molecule has 1 unspecified atom stereocenters. The number of hydrogen-bond acceptors (Lipinski definition) is 3. The molecule has 24 heavy (non-hydrogen) atoms. The molecule has 0 N–H and O–H groups in total. The van der Waals surface area contributed by atoms with E-state index >= 15 is 0 Å². The van der Waals surface area contributed by atoms with Gasteiger partial charge in [-0.2, -0.15) is 0 Å². The van der Waals surface area contributed by atoms with Gasteiger partial charge in [0.2, 0.25) is 10.0 Å². The van der Waals surface area contributed by atoms with Crippen LogP contribution in [0.3, 0.4) is 0 Å². The summed E-state index contributed by atoms with van der Waals surface area (Å²) in [6.45, 7) is 0.743. The Balaban J connectivity index is 1.66. The molecule has 2 aromatic rings. The van der Waals surface area contributed by atoms with Crippen molar-refractivity contribution in [3.8, 4) is 0 Å². The van der Waals surface area contributed by atoms with E-state index < -0.39 is 15.8 Å². The maximum absolute atomic E-state index is 13.7. The summed E-state index contributed by atoms with van der Waals surface area (Å²) in [4.78, 5) is 0. The predicted octanol–water partition coefficient (Wildman–Crippen LogP) is 2.73. The number of rotatable bonds is 5. The van der Waals surface area contributed by atoms with Gasteiger partial charge in [0.05, 0.1) is 18.5 Å². The molecule has 0 amide bonds. The molecule has 4 nitrogen and oxygen atoms in total. The molecule has 0 aliphatic carbocycles. The summed E-state index contributed by atoms with van der Waals surface area (Å²) in [5.74, 6) is -0.850. The molecule has 0 saturated heterocycles. The van der Waals surface area contributed by atoms with Gasteiger partial charge >= 0.3 is 0 Å². The highest BCUT2D eigenvalue weighted by Crippen LogP contribution is 2.22. The van der Waals surface area contributed by atoms with Crippen LogP contribution in [0, 0.1) is 5.82 Å². The summed E-state index contributed by atoms with van der Waals surface area (Å²) in [7, 11) is -2.09. The molecule has 1 atom stereocenters. The molecular weight excluding hydrogens is 329 g/mol. The van der Waals surface area contributed by atoms with Crippen molar-refractivity contribution in [1.29, 1.82) is 0 Å². The fraction of sp³-hybridized carbons (Fsp3) is 0.333. The van der Waals surface area contributed by atoms with E-state index in [0.29, 0.717) is 13.0 Å². The van der Waals surface area contributed by atoms with Crippen molar-refractivity contribution < 1.29 is 17.5 Å². The number of likely N-dealkylation sites (N-methyl/N-ethyl adjacent to an activating group) is 1. The van der Waals surface area contributed by atoms with Crippen LogP contribution >= 0.6 is 0 Å². The number of hydrogen-bond donors (Lipinski definition) is 0. The molecule has 0 fully saturated rings. The molecule has 128 valence electrons. The lowest BCUT2D eigenvalue weighted by atomic mass is 9.99. The van der Waals surface area contributed by atoms with E-state index in [0.717, 1.165) is 5.56 Å². The molecule has 1 aliphatic heterocycles. The van der Waals surface area contributed by atoms with E-state index in [9.17, 15) is 12.8 Å². The largest absolute Gasteiger partial charge is 0.372 e. The quantitative estimate of drug-likeness (QED) is 0.834. The topological polar surface area (TPSA) is 46.6 Å². The van der Waals surface area contributed by atoms with Crippen molar-refractivity contribution in [3.63, 3.8) is 0 Å². The van der Waals surface area contributed by atoms with E-state index in [1.807, 2.05) is 24.3 Å². The van der Waals surface area contributed by atoms with Crippen LogP contribution in [0.4, 0.5) is 4.39 Å². The van der Waals surface area contributed by atoms with Crippen molar-refractivity contribution >= 4 is 10.0 Å². The average Bonchev–Trinajstić information content (AvgIpc) is 2.56. The van der Waals surface area contributed by atoms with Gasteiger partial charge in [-0.15, -0.1) is 0 Å². The van der Waals surface area contributed by atoms with Crippen LogP contribution in [0.15, 0.2) is 48.5 Å². The highest BCUT2D eigenvalue weighted by molar-refractivity contribution is 7.88. The number of fused-ring (bicyclic) bond motifs is 1. The molecule has 0 bridgehead atoms. The molecule has 0 aromatic heterocycles. The molecule has 0 radical (unpaired) electrons. The van der Waals surface area contributed by atoms with Crippen LogP contribution < -0.4 is 0 Å². The minimum Gasteiger partial charge on any atom is -0.372 e. The monoisotopic (exact) mass is 349 g/mol. The van der Waals surface area contributed by atoms with E-state index in [-0.39, 0.29) is 24.0 Å². The Kier molecular flexibility index (Phi) is 4.99. The third-order valence-corrected chi connectivity index (χ3v) is 6.05. The Bertz CT molecular complexity index is 823. The third kappa shape index (κ3) is 3.83. The summed E-state index contributed by atoms with van der Waals surface area (Å²) in [6, 6.07) is 13.9. The Morgan fingerprint density at radius 2 is 1.79 bits per heavy atom. The number of ether oxygens (including phenoxy) is 1. The fourth-order valence-electron chi connectivity index (χ4n) is 2.85. The SMILES string of the molecule is CN(CC1Cc2ccccc2CO1)S(=O)(=O)Cc1ccccc1F. The van der Waals surface area contributed by atoms with E-state index in [1.54, 1.807) is 12.1 Å². The molecule has 6 heteroatoms. The van der Waals surface area contributed by atoms with Gasteiger partial charge in [-0.3, -0.25) is 0 Å². The number of sulfonamides is 1. The standard InChI is InChI=1S/C18H20FNO3S/c1-20(24(21,22)13-16-8-4-5-9-18(16)19)11-17-10-14-6-2-3-7-15(14)12-23-17/h2-9,17H,10-13H2,1H3. The van der Waals surface area contributed by atoms with Crippen LogP contribution in [0.25, 0.3) is 0 Å². The highest BCUT2D eigenvalue weighted by atomic mass is 32.2. The van der Waals surface area contributed by atoms with Crippen LogP contribution in [0.1, 0.15) is 16.7 Å². The first-order chi connectivity index (χ1) is 11.5. The maximum Gasteiger partial charge on any atom is 0.218 e. The van der Waals surface area contributed by atoms with Crippen LogP contribution in [0.2, 0.25) is 0 Å². The van der Waals surface area contributed by atoms with Crippen molar-refractivity contribution in [1.82, 2.24) is 4.31 Å². The zero-order chi connectivity index (χ0) is 17.2. The first-order valence-electron chi connectivity index (χ1n) is 7.81. The smallest absolute Gasteiger partial charge is 0.218 e. The van der Waals surface area contributed by atoms with E-state index in [1.165, 1.54) is 29.0 Å². The zero-order valence-corrected chi connectivity index (χ0v) is 14.3. The molecule has 0 spiro atoms. The van der Waals surface area contributed by atoms with Crippen molar-refractivity contribution in [2.75, 3.05) is 13.6 Å². The van der Waals surface area contributed by atoms with Crippen LogP contribution in [0.5, 0.6) is 0 Å². The van der Waals surface area contributed by atoms with Gasteiger partial charge in [0, 0.05) is 25.6 Å². The van der Waals surface area contributed by atoms with E-state index in [4.69, 9.17) is 4.74 Å². The minimum atomic E-state index is -3.60. The summed E-state index contributed by atoms with van der Waals surface area (Å²) in [5, 5.41) is 0. The van der Waals surface area contributed by atoms with Gasteiger partial charge in [0.1, 0.15) is 5.82 Å². The Morgan fingerprint density at radius 3 is 2.54 bits per heavy atom. The average molecular weight is 349 g/mol. The third-order valence-electron chi connectivity index (χ3n) is 4.27. The summed E-state index contributed by atoms with van der Waals surface area (Å²) in [5.41, 5.74) is 2.51. The van der Waals surface area contributed by atoms with E-state index in [2.05, 4.69) is 0 Å². The van der Waals surface area contributed by atoms with Crippen molar-refractivity contribution in [2.45, 2.75) is 24.9 Å². The summed E-state index contributed by atoms with van der Waals surface area (Å²) < 4.78 is 45.7. The van der Waals surface area contributed by atoms with Gasteiger partial charge in [-0.1, -0.05) is 42.5 Å². The minimum absolute atomic E-state index is 0.180. The Labute approximate surface area is 141 Å². The maximum atomic E-state index is 13.7. The van der Waals surface area contributed by atoms with Crippen molar-refractivity contribution in [2.24, 2.45) is 0 Å². The van der Waals surface area contributed by atoms with Gasteiger partial charge in [0.15, 0.2) is 0 Å². The summed E-state index contributed by atoms with van der Waals surface area (Å²) >= 11 is 0. The Hall–Kier alpha value is -1.76.